The highest BCUT2D eigenvalue weighted by Gasteiger charge is 2.45. The number of ether oxygens (including phenoxy) is 2. The predicted octanol–water partition coefficient (Wildman–Crippen LogP) is 8.94. The molecule has 7 rings (SSSR count). The van der Waals surface area contributed by atoms with Crippen molar-refractivity contribution in [3.8, 4) is 23.2 Å². The van der Waals surface area contributed by atoms with E-state index < -0.39 is 111 Å². The number of hydrogen-bond donors (Lipinski definition) is 1. The van der Waals surface area contributed by atoms with Gasteiger partial charge in [0.1, 0.15) is 33.8 Å². The van der Waals surface area contributed by atoms with Crippen LogP contribution in [-0.4, -0.2) is 101 Å². The van der Waals surface area contributed by atoms with Gasteiger partial charge in [-0.15, -0.1) is 11.3 Å². The Morgan fingerprint density at radius 2 is 1.87 bits per heavy atom. The van der Waals surface area contributed by atoms with Crippen LogP contribution in [0.25, 0.3) is 32.1 Å². The maximum atomic E-state index is 17.7. The molecule has 0 spiro atoms. The largest absolute Gasteiger partial charge is 0.463 e. The first-order valence-corrected chi connectivity index (χ1v) is 20.5. The first kappa shape index (κ1) is 41.3. The summed E-state index contributed by atoms with van der Waals surface area (Å²) in [4.78, 5) is 38.1. The minimum Gasteiger partial charge on any atom is -0.463 e. The molecule has 1 fully saturated rings. The van der Waals surface area contributed by atoms with Crippen molar-refractivity contribution in [2.45, 2.75) is 71.8 Å². The average molecular weight is 907 g/mol. The van der Waals surface area contributed by atoms with Crippen molar-refractivity contribution in [3.63, 3.8) is 0 Å². The third-order valence-corrected chi connectivity index (χ3v) is 12.0. The molecule has 0 unspecified atom stereocenters. The van der Waals surface area contributed by atoms with Crippen LogP contribution in [0, 0.1) is 34.3 Å². The lowest BCUT2D eigenvalue weighted by molar-refractivity contribution is -0.137. The zero-order chi connectivity index (χ0) is 48.4. The van der Waals surface area contributed by atoms with E-state index in [1.165, 1.54) is 36.9 Å². The van der Waals surface area contributed by atoms with E-state index >= 15 is 22.0 Å². The number of benzene rings is 2. The molecule has 5 aromatic rings. The Morgan fingerprint density at radius 1 is 1.13 bits per heavy atom. The quantitative estimate of drug-likeness (QED) is 0.150. The number of likely N-dealkylation sites (tertiary alicyclic amines) is 1. The molecule has 336 valence electrons. The van der Waals surface area contributed by atoms with Crippen LogP contribution in [0.4, 0.5) is 46.3 Å². The highest BCUT2D eigenvalue weighted by Crippen LogP contribution is 2.49. The molecule has 0 saturated carbocycles. The number of aromatic nitrogens is 4. The molecular formula is C42H44F7N9O4S. The number of piperidine rings is 1. The second-order valence-electron chi connectivity index (χ2n) is 17.0. The van der Waals surface area contributed by atoms with Crippen molar-refractivity contribution in [2.24, 2.45) is 11.3 Å². The number of anilines is 2. The van der Waals surface area contributed by atoms with Crippen molar-refractivity contribution < 1.29 is 53.9 Å². The molecule has 13 nitrogen and oxygen atoms in total. The maximum Gasteiger partial charge on any atom is 0.417 e. The molecule has 1 N–H and O–H groups in total. The number of amides is 2. The molecule has 1 saturated heterocycles. The van der Waals surface area contributed by atoms with Crippen molar-refractivity contribution >= 4 is 55.1 Å². The number of halogens is 7. The summed E-state index contributed by atoms with van der Waals surface area (Å²) in [6, 6.07) is 5.11. The van der Waals surface area contributed by atoms with Gasteiger partial charge < -0.3 is 24.2 Å². The zero-order valence-corrected chi connectivity index (χ0v) is 35.7. The highest BCUT2D eigenvalue weighted by atomic mass is 32.1. The summed E-state index contributed by atoms with van der Waals surface area (Å²) in [7, 11) is 3.05. The smallest absolute Gasteiger partial charge is 0.417 e. The number of fused-ring (bicyclic) bond motifs is 3. The van der Waals surface area contributed by atoms with Crippen LogP contribution in [0.15, 0.2) is 24.3 Å². The summed E-state index contributed by atoms with van der Waals surface area (Å²) in [5.74, 6) is -5.18. The zero-order valence-electron chi connectivity index (χ0n) is 37.9. The van der Waals surface area contributed by atoms with E-state index in [2.05, 4.69) is 20.4 Å². The summed E-state index contributed by atoms with van der Waals surface area (Å²) in [5.41, 5.74) is -7.31. The summed E-state index contributed by atoms with van der Waals surface area (Å²) in [5, 5.41) is 15.9. The molecule has 2 aromatic carbocycles. The number of rotatable bonds is 8. The molecule has 0 radical (unpaired) electrons. The first-order valence-electron chi connectivity index (χ1n) is 21.2. The second kappa shape index (κ2) is 16.7. The fourth-order valence-electron chi connectivity index (χ4n) is 8.03. The van der Waals surface area contributed by atoms with Crippen LogP contribution in [0.5, 0.6) is 6.01 Å². The van der Waals surface area contributed by atoms with E-state index in [-0.39, 0.29) is 60.4 Å². The SMILES string of the molecule is [2H]C([2H])([2H])N1CC[C@H](C(F)F)[C@](C)(COc2nc(N3CCCn4nc(C(=O)N(C)C)cc4C3)c3cc(C(F)(F)F)c(-c4c(F)ccc5sc(NC(=O)OC(C)(C)C)c(C#N)c45)c(F)c3n2)C1. The molecule has 5 heterocycles. The van der Waals surface area contributed by atoms with Gasteiger partial charge in [-0.2, -0.15) is 33.5 Å². The Balaban J connectivity index is 1.45. The van der Waals surface area contributed by atoms with Gasteiger partial charge in [0, 0.05) is 75.8 Å². The molecule has 2 atom stereocenters. The Hall–Kier alpha value is -5.75. The van der Waals surface area contributed by atoms with Crippen molar-refractivity contribution in [2.75, 3.05) is 57.5 Å². The fourth-order valence-corrected chi connectivity index (χ4v) is 9.08. The van der Waals surface area contributed by atoms with E-state index in [0.29, 0.717) is 29.5 Å². The van der Waals surface area contributed by atoms with Crippen molar-refractivity contribution in [1.29, 1.82) is 5.26 Å². The lowest BCUT2D eigenvalue weighted by Gasteiger charge is -2.44. The Bertz CT molecular complexity index is 2770. The molecule has 2 aliphatic rings. The van der Waals surface area contributed by atoms with Gasteiger partial charge in [-0.05, 0) is 71.4 Å². The highest BCUT2D eigenvalue weighted by molar-refractivity contribution is 7.23. The van der Waals surface area contributed by atoms with Gasteiger partial charge in [0.05, 0.1) is 30.0 Å². The number of nitriles is 1. The van der Waals surface area contributed by atoms with E-state index in [9.17, 15) is 23.6 Å². The number of carbonyl (C=O) groups excluding carboxylic acids is 2. The first-order chi connectivity index (χ1) is 30.7. The second-order valence-corrected chi connectivity index (χ2v) is 18.0. The summed E-state index contributed by atoms with van der Waals surface area (Å²) < 4.78 is 146. The Labute approximate surface area is 365 Å². The van der Waals surface area contributed by atoms with Crippen LogP contribution < -0.4 is 15.0 Å². The minimum absolute atomic E-state index is 0.00253. The van der Waals surface area contributed by atoms with Gasteiger partial charge in [0.2, 0.25) is 6.43 Å². The number of hydrogen-bond acceptors (Lipinski definition) is 11. The van der Waals surface area contributed by atoms with Gasteiger partial charge in [-0.25, -0.2) is 22.4 Å². The van der Waals surface area contributed by atoms with Gasteiger partial charge in [-0.1, -0.05) is 6.92 Å². The molecule has 0 aliphatic carbocycles. The van der Waals surface area contributed by atoms with Gasteiger partial charge in [0.15, 0.2) is 11.5 Å². The molecule has 3 aromatic heterocycles. The van der Waals surface area contributed by atoms with Gasteiger partial charge in [-0.3, -0.25) is 14.8 Å². The van der Waals surface area contributed by atoms with Crippen LogP contribution in [0.1, 0.15) is 72.0 Å². The van der Waals surface area contributed by atoms with Crippen molar-refractivity contribution in [3.05, 3.63) is 58.4 Å². The molecular weight excluding hydrogens is 860 g/mol. The number of alkyl halides is 5. The van der Waals surface area contributed by atoms with Crippen LogP contribution in [0.2, 0.25) is 0 Å². The number of nitrogens with one attached hydrogen (secondary N) is 1. The third-order valence-electron chi connectivity index (χ3n) is 10.9. The molecule has 0 bridgehead atoms. The Morgan fingerprint density at radius 3 is 2.52 bits per heavy atom. The van der Waals surface area contributed by atoms with E-state index in [1.807, 2.05) is 0 Å². The van der Waals surface area contributed by atoms with Gasteiger partial charge in [0.25, 0.3) is 5.91 Å². The number of aryl methyl sites for hydroxylation is 1. The predicted molar refractivity (Wildman–Crippen MR) is 221 cm³/mol. The maximum absolute atomic E-state index is 17.7. The molecule has 2 amide bonds. The van der Waals surface area contributed by atoms with Crippen LogP contribution >= 0.6 is 11.3 Å². The number of thiophene rings is 1. The lowest BCUT2D eigenvalue weighted by atomic mass is 9.73. The molecule has 2 aliphatic heterocycles. The van der Waals surface area contributed by atoms with Crippen LogP contribution in [-0.2, 0) is 24.0 Å². The lowest BCUT2D eigenvalue weighted by Crippen LogP contribution is -2.51. The Kier molecular flexibility index (Phi) is 11.0. The van der Waals surface area contributed by atoms with E-state index in [4.69, 9.17) is 13.6 Å². The number of nitrogens with zero attached hydrogens (tertiary/aromatic N) is 8. The number of carbonyl (C=O) groups is 2. The van der Waals surface area contributed by atoms with Gasteiger partial charge >= 0.3 is 18.3 Å². The normalized spacial score (nSPS) is 19.5. The summed E-state index contributed by atoms with van der Waals surface area (Å²) >= 11 is 0.712. The van der Waals surface area contributed by atoms with Crippen LogP contribution in [0.3, 0.4) is 0 Å². The molecule has 21 heteroatoms. The summed E-state index contributed by atoms with van der Waals surface area (Å²) in [6.07, 6.45) is -9.26. The topological polar surface area (TPSA) is 142 Å². The summed E-state index contributed by atoms with van der Waals surface area (Å²) in [6.45, 7) is 2.47. The molecule has 63 heavy (non-hydrogen) atoms. The standard InChI is InChI=1S/C42H44F7N9O4S/c1-40(2,3)62-39(60)53-36-23(17-50)29-28(63-36)10-9-26(43)31(29)30-25(42(47,48)49)16-22-33(32(30)44)51-38(61-20-41(4)19-56(7)14-11-24(41)34(45)46)52-35(22)57-12-8-13-58-21(18-57)15-27(54-58)37(59)55(5)6/h9-10,15-16,24,34H,8,11-14,18-20H2,1-7H3,(H,53,60)/t24-,41+/m1/s1/i7D3. The monoisotopic (exact) mass is 906 g/mol. The minimum atomic E-state index is -5.39. The van der Waals surface area contributed by atoms with E-state index in [0.717, 1.165) is 17.0 Å². The van der Waals surface area contributed by atoms with E-state index in [1.54, 1.807) is 31.5 Å². The fraction of sp³-hybridized carbons (Fsp3) is 0.476. The van der Waals surface area contributed by atoms with Crippen molar-refractivity contribution in [1.82, 2.24) is 29.5 Å². The average Bonchev–Trinajstić information content (AvgIpc) is 3.71. The third kappa shape index (κ3) is 8.92.